The molecule has 0 fully saturated rings. The molecule has 0 aliphatic heterocycles. The summed E-state index contributed by atoms with van der Waals surface area (Å²) in [4.78, 5) is 24.9. The Hall–Kier alpha value is -3.84. The molecule has 2 aromatic carbocycles. The number of fused-ring (bicyclic) bond motifs is 2. The van der Waals surface area contributed by atoms with Crippen molar-refractivity contribution in [2.24, 2.45) is 0 Å². The molecule has 7 heteroatoms. The molecule has 0 spiro atoms. The van der Waals surface area contributed by atoms with Crippen LogP contribution in [0.3, 0.4) is 0 Å². The lowest BCUT2D eigenvalue weighted by atomic mass is 10.1. The molecule has 0 aliphatic rings. The molecule has 0 aliphatic carbocycles. The van der Waals surface area contributed by atoms with E-state index in [1.165, 1.54) is 0 Å². The molecule has 6 aromatic rings. The van der Waals surface area contributed by atoms with Crippen LogP contribution in [-0.4, -0.2) is 29.9 Å². The zero-order chi connectivity index (χ0) is 19.2. The molecule has 4 aromatic heterocycles. The van der Waals surface area contributed by atoms with Crippen molar-refractivity contribution in [2.45, 2.75) is 0 Å². The third-order valence-electron chi connectivity index (χ3n) is 4.89. The first-order chi connectivity index (χ1) is 14.3. The molecule has 0 atom stereocenters. The van der Waals surface area contributed by atoms with Gasteiger partial charge in [0.15, 0.2) is 11.6 Å². The van der Waals surface area contributed by atoms with E-state index in [0.29, 0.717) is 0 Å². The average molecular weight is 394 g/mol. The summed E-state index contributed by atoms with van der Waals surface area (Å²) in [5, 5.41) is 1.99. The quantitative estimate of drug-likeness (QED) is 0.427. The highest BCUT2D eigenvalue weighted by Gasteiger charge is 2.10. The fraction of sp³-hybridized carbons (Fsp3) is 0. The predicted molar refractivity (Wildman–Crippen MR) is 116 cm³/mol. The van der Waals surface area contributed by atoms with Gasteiger partial charge < -0.3 is 9.97 Å². The van der Waals surface area contributed by atoms with Crippen molar-refractivity contribution in [1.29, 1.82) is 0 Å². The lowest BCUT2D eigenvalue weighted by molar-refractivity contribution is 1.24. The van der Waals surface area contributed by atoms with Gasteiger partial charge in [0, 0.05) is 17.1 Å². The van der Waals surface area contributed by atoms with Gasteiger partial charge in [-0.3, -0.25) is 4.98 Å². The summed E-state index contributed by atoms with van der Waals surface area (Å²) in [5.74, 6) is 1.56. The Morgan fingerprint density at radius 3 is 2.28 bits per heavy atom. The average Bonchev–Trinajstić information content (AvgIpc) is 3.52. The molecule has 2 N–H and O–H groups in total. The first-order valence-corrected chi connectivity index (χ1v) is 10.1. The van der Waals surface area contributed by atoms with Crippen LogP contribution in [0.1, 0.15) is 0 Å². The summed E-state index contributed by atoms with van der Waals surface area (Å²) >= 11 is 1.56. The normalized spacial score (nSPS) is 11.4. The monoisotopic (exact) mass is 394 g/mol. The number of pyridine rings is 1. The third-order valence-corrected chi connectivity index (χ3v) is 5.47. The second-order valence-electron chi connectivity index (χ2n) is 6.73. The first kappa shape index (κ1) is 16.1. The maximum atomic E-state index is 4.63. The Bertz CT molecular complexity index is 1410. The molecule has 6 nitrogen and oxygen atoms in total. The van der Waals surface area contributed by atoms with E-state index in [1.807, 2.05) is 53.5 Å². The van der Waals surface area contributed by atoms with Crippen LogP contribution in [0.5, 0.6) is 0 Å². The highest BCUT2D eigenvalue weighted by Crippen LogP contribution is 2.27. The molecule has 0 unspecified atom stereocenters. The van der Waals surface area contributed by atoms with Crippen LogP contribution in [0, 0.1) is 0 Å². The number of para-hydroxylation sites is 2. The van der Waals surface area contributed by atoms with Gasteiger partial charge in [0.25, 0.3) is 0 Å². The van der Waals surface area contributed by atoms with Crippen molar-refractivity contribution in [3.05, 3.63) is 71.7 Å². The minimum Gasteiger partial charge on any atom is -0.337 e. The van der Waals surface area contributed by atoms with E-state index in [2.05, 4.69) is 48.1 Å². The summed E-state index contributed by atoms with van der Waals surface area (Å²) < 4.78 is 0. The van der Waals surface area contributed by atoms with Crippen molar-refractivity contribution in [3.8, 4) is 34.2 Å². The van der Waals surface area contributed by atoms with Crippen LogP contribution < -0.4 is 0 Å². The molecule has 6 rings (SSSR count). The number of imidazole rings is 2. The summed E-state index contributed by atoms with van der Waals surface area (Å²) in [6, 6.07) is 18.2. The largest absolute Gasteiger partial charge is 0.337 e. The molecular weight excluding hydrogens is 380 g/mol. The molecule has 0 radical (unpaired) electrons. The number of aromatic nitrogens is 6. The van der Waals surface area contributed by atoms with E-state index >= 15 is 0 Å². The standard InChI is InChI=1S/C22H14N6S/c1-2-4-16-15(3-1)25-21(26-16)18-8-6-14(10-23-18)13-5-7-17-19(9-13)28-22(27-17)20-11-29-12-24-20/h1-12H,(H,25,26)(H,27,28). The fourth-order valence-electron chi connectivity index (χ4n) is 3.42. The highest BCUT2D eigenvalue weighted by molar-refractivity contribution is 7.07. The molecule has 29 heavy (non-hydrogen) atoms. The zero-order valence-corrected chi connectivity index (χ0v) is 15.9. The summed E-state index contributed by atoms with van der Waals surface area (Å²) in [6.07, 6.45) is 1.88. The maximum Gasteiger partial charge on any atom is 0.158 e. The van der Waals surface area contributed by atoms with Crippen LogP contribution in [0.4, 0.5) is 0 Å². The highest BCUT2D eigenvalue weighted by atomic mass is 32.1. The van der Waals surface area contributed by atoms with Crippen molar-refractivity contribution in [2.75, 3.05) is 0 Å². The van der Waals surface area contributed by atoms with E-state index in [-0.39, 0.29) is 0 Å². The number of nitrogens with one attached hydrogen (secondary N) is 2. The number of H-pyrrole nitrogens is 2. The number of benzene rings is 2. The second-order valence-corrected chi connectivity index (χ2v) is 7.44. The molecule has 0 amide bonds. The maximum absolute atomic E-state index is 4.63. The van der Waals surface area contributed by atoms with Crippen molar-refractivity contribution in [1.82, 2.24) is 29.9 Å². The van der Waals surface area contributed by atoms with Gasteiger partial charge >= 0.3 is 0 Å². The van der Waals surface area contributed by atoms with Crippen molar-refractivity contribution >= 4 is 33.4 Å². The van der Waals surface area contributed by atoms with E-state index in [4.69, 9.17) is 0 Å². The summed E-state index contributed by atoms with van der Waals surface area (Å²) in [6.45, 7) is 0. The van der Waals surface area contributed by atoms with Crippen molar-refractivity contribution < 1.29 is 0 Å². The molecule has 4 heterocycles. The minimum absolute atomic E-state index is 0.773. The van der Waals surface area contributed by atoms with E-state index in [0.717, 1.165) is 56.2 Å². The van der Waals surface area contributed by atoms with E-state index < -0.39 is 0 Å². The number of hydrogen-bond donors (Lipinski definition) is 2. The van der Waals surface area contributed by atoms with Gasteiger partial charge in [0.1, 0.15) is 11.4 Å². The third kappa shape index (κ3) is 2.79. The van der Waals surface area contributed by atoms with Crippen LogP contribution in [0.25, 0.3) is 56.2 Å². The van der Waals surface area contributed by atoms with Gasteiger partial charge in [-0.2, -0.15) is 0 Å². The van der Waals surface area contributed by atoms with Gasteiger partial charge in [0.2, 0.25) is 0 Å². The molecule has 0 saturated carbocycles. The van der Waals surface area contributed by atoms with E-state index in [9.17, 15) is 0 Å². The van der Waals surface area contributed by atoms with Crippen molar-refractivity contribution in [3.63, 3.8) is 0 Å². The van der Waals surface area contributed by atoms with Crippen LogP contribution in [-0.2, 0) is 0 Å². The lowest BCUT2D eigenvalue weighted by Crippen LogP contribution is -1.87. The number of thiazole rings is 1. The zero-order valence-electron chi connectivity index (χ0n) is 15.1. The molecule has 138 valence electrons. The lowest BCUT2D eigenvalue weighted by Gasteiger charge is -2.02. The SMILES string of the molecule is c1ccc2[nH]c(-c3ccc(-c4ccc5nc(-c6cscn6)[nH]c5c4)cn3)nc2c1. The number of aromatic amines is 2. The Morgan fingerprint density at radius 2 is 1.48 bits per heavy atom. The fourth-order valence-corrected chi connectivity index (χ4v) is 3.96. The number of nitrogens with zero attached hydrogens (tertiary/aromatic N) is 4. The van der Waals surface area contributed by atoms with E-state index in [1.54, 1.807) is 11.3 Å². The predicted octanol–water partition coefficient (Wildman–Crippen LogP) is 5.29. The minimum atomic E-state index is 0.773. The Kier molecular flexibility index (Phi) is 3.54. The van der Waals surface area contributed by atoms with Crippen LogP contribution in [0.2, 0.25) is 0 Å². The smallest absolute Gasteiger partial charge is 0.158 e. The summed E-state index contributed by atoms with van der Waals surface area (Å²) in [5.41, 5.74) is 9.45. The van der Waals surface area contributed by atoms with Gasteiger partial charge in [0.05, 0.1) is 27.6 Å². The second kappa shape index (κ2) is 6.35. The van der Waals surface area contributed by atoms with Crippen LogP contribution >= 0.6 is 11.3 Å². The Labute approximate surface area is 169 Å². The topological polar surface area (TPSA) is 83.1 Å². The van der Waals surface area contributed by atoms with Gasteiger partial charge in [-0.25, -0.2) is 15.0 Å². The summed E-state index contributed by atoms with van der Waals surface area (Å²) in [7, 11) is 0. The Balaban J connectivity index is 1.35. The van der Waals surface area contributed by atoms with Crippen LogP contribution in [0.15, 0.2) is 71.7 Å². The molecular formula is C22H14N6S. The Morgan fingerprint density at radius 1 is 0.690 bits per heavy atom. The number of hydrogen-bond acceptors (Lipinski definition) is 5. The molecule has 0 bridgehead atoms. The molecule has 0 saturated heterocycles. The first-order valence-electron chi connectivity index (χ1n) is 9.13. The van der Waals surface area contributed by atoms with Gasteiger partial charge in [-0.15, -0.1) is 11.3 Å². The van der Waals surface area contributed by atoms with Gasteiger partial charge in [-0.05, 0) is 35.9 Å². The number of rotatable bonds is 3. The van der Waals surface area contributed by atoms with Gasteiger partial charge in [-0.1, -0.05) is 24.3 Å².